The molecule has 1 heterocycles. The molecule has 0 saturated heterocycles. The summed E-state index contributed by atoms with van der Waals surface area (Å²) in [5, 5.41) is 4.10. The second-order valence-electron chi connectivity index (χ2n) is 2.09. The highest BCUT2D eigenvalue weighted by Crippen LogP contribution is 2.05. The van der Waals surface area contributed by atoms with E-state index in [-0.39, 0.29) is 0 Å². The molecule has 0 radical (unpaired) electrons. The summed E-state index contributed by atoms with van der Waals surface area (Å²) < 4.78 is 1.68. The normalized spacial score (nSPS) is 10.7. The molecule has 0 saturated carbocycles. The molecule has 0 amide bonds. The molecule has 0 spiro atoms. The van der Waals surface area contributed by atoms with Crippen molar-refractivity contribution in [2.45, 2.75) is 13.3 Å². The number of nitrogens with zero attached hydrogens (tertiary/aromatic N) is 2. The molecule has 4 heteroatoms. The third-order valence-electron chi connectivity index (χ3n) is 1.26. The summed E-state index contributed by atoms with van der Waals surface area (Å²) in [6.07, 6.45) is 4.57. The molecule has 0 aliphatic rings. The first kappa shape index (κ1) is 7.81. The summed E-state index contributed by atoms with van der Waals surface area (Å²) in [6, 6.07) is 3.73. The molecule has 0 atom stereocenters. The van der Waals surface area contributed by atoms with Crippen molar-refractivity contribution in [3.63, 3.8) is 0 Å². The molecule has 0 aliphatic heterocycles. The van der Waals surface area contributed by atoms with Crippen LogP contribution in [-0.2, 0) is 0 Å². The van der Waals surface area contributed by atoms with Crippen LogP contribution >= 0.6 is 0 Å². The molecule has 60 valence electrons. The van der Waals surface area contributed by atoms with Crippen molar-refractivity contribution in [1.82, 2.24) is 4.68 Å². The third-order valence-corrected chi connectivity index (χ3v) is 1.26. The largest absolute Gasteiger partial charge is 0.308 e. The van der Waals surface area contributed by atoms with E-state index in [2.05, 4.69) is 10.5 Å². The van der Waals surface area contributed by atoms with Gasteiger partial charge in [0.25, 0.3) is 0 Å². The van der Waals surface area contributed by atoms with Crippen LogP contribution in [0.5, 0.6) is 0 Å². The molecule has 1 aromatic rings. The Balaban J connectivity index is 2.76. The maximum absolute atomic E-state index is 5.22. The van der Waals surface area contributed by atoms with Crippen molar-refractivity contribution >= 4 is 12.0 Å². The fourth-order valence-electron chi connectivity index (χ4n) is 0.757. The first-order chi connectivity index (χ1) is 5.38. The summed E-state index contributed by atoms with van der Waals surface area (Å²) >= 11 is 0. The monoisotopic (exact) mass is 152 g/mol. The molecule has 0 aromatic carbocycles. The van der Waals surface area contributed by atoms with Gasteiger partial charge in [-0.2, -0.15) is 5.10 Å². The van der Waals surface area contributed by atoms with Crippen LogP contribution in [0.3, 0.4) is 0 Å². The number of aromatic nitrogens is 1. The Bertz CT molecular complexity index is 238. The number of anilines is 1. The van der Waals surface area contributed by atoms with E-state index in [0.717, 1.165) is 12.2 Å². The summed E-state index contributed by atoms with van der Waals surface area (Å²) in [6.45, 7) is 2.03. The average molecular weight is 152 g/mol. The number of hydrogen-bond acceptors (Lipinski definition) is 3. The van der Waals surface area contributed by atoms with E-state index in [4.69, 9.17) is 5.84 Å². The van der Waals surface area contributed by atoms with Crippen LogP contribution in [0.25, 0.3) is 0 Å². The quantitative estimate of drug-likeness (QED) is 0.386. The number of nitrogens with one attached hydrogen (secondary N) is 1. The molecule has 1 rings (SSSR count). The van der Waals surface area contributed by atoms with Gasteiger partial charge in [-0.1, -0.05) is 6.92 Å². The van der Waals surface area contributed by atoms with Gasteiger partial charge in [-0.05, 0) is 18.6 Å². The zero-order chi connectivity index (χ0) is 8.10. The van der Waals surface area contributed by atoms with E-state index in [1.807, 2.05) is 31.5 Å². The molecule has 0 bridgehead atoms. The van der Waals surface area contributed by atoms with E-state index >= 15 is 0 Å². The van der Waals surface area contributed by atoms with Crippen molar-refractivity contribution in [3.8, 4) is 0 Å². The van der Waals surface area contributed by atoms with Gasteiger partial charge in [-0.25, -0.2) is 10.5 Å². The third kappa shape index (κ3) is 1.81. The Morgan fingerprint density at radius 3 is 3.27 bits per heavy atom. The van der Waals surface area contributed by atoms with Crippen LogP contribution in [0.15, 0.2) is 23.4 Å². The Kier molecular flexibility index (Phi) is 2.68. The Morgan fingerprint density at radius 2 is 2.64 bits per heavy atom. The number of hydrazine groups is 1. The van der Waals surface area contributed by atoms with E-state index < -0.39 is 0 Å². The lowest BCUT2D eigenvalue weighted by Crippen LogP contribution is -2.09. The van der Waals surface area contributed by atoms with Crippen LogP contribution < -0.4 is 11.3 Å². The molecular formula is C7H12N4. The highest BCUT2D eigenvalue weighted by atomic mass is 15.4. The first-order valence-corrected chi connectivity index (χ1v) is 3.55. The van der Waals surface area contributed by atoms with Crippen molar-refractivity contribution in [1.29, 1.82) is 0 Å². The second-order valence-corrected chi connectivity index (χ2v) is 2.09. The van der Waals surface area contributed by atoms with Gasteiger partial charge >= 0.3 is 0 Å². The maximum Gasteiger partial charge on any atom is 0.141 e. The van der Waals surface area contributed by atoms with Gasteiger partial charge in [-0.3, -0.25) is 0 Å². The molecule has 0 fully saturated rings. The molecular weight excluding hydrogens is 140 g/mol. The van der Waals surface area contributed by atoms with Crippen LogP contribution in [0.2, 0.25) is 0 Å². The highest BCUT2D eigenvalue weighted by molar-refractivity contribution is 5.57. The molecule has 0 unspecified atom stereocenters. The van der Waals surface area contributed by atoms with Gasteiger partial charge in [0.2, 0.25) is 0 Å². The molecule has 3 N–H and O–H groups in total. The first-order valence-electron chi connectivity index (χ1n) is 3.55. The molecule has 4 nitrogen and oxygen atoms in total. The average Bonchev–Trinajstić information content (AvgIpc) is 2.47. The number of rotatable bonds is 3. The van der Waals surface area contributed by atoms with Crippen molar-refractivity contribution in [3.05, 3.63) is 18.3 Å². The van der Waals surface area contributed by atoms with Crippen molar-refractivity contribution < 1.29 is 0 Å². The predicted molar refractivity (Wildman–Crippen MR) is 46.4 cm³/mol. The fourth-order valence-corrected chi connectivity index (χ4v) is 0.757. The maximum atomic E-state index is 5.22. The lowest BCUT2D eigenvalue weighted by molar-refractivity contribution is 0.888. The number of nitrogen functional groups attached to an aromatic ring is 1. The predicted octanol–water partition coefficient (Wildman–Crippen LogP) is 1.02. The minimum Gasteiger partial charge on any atom is -0.308 e. The minimum atomic E-state index is 0.787. The lowest BCUT2D eigenvalue weighted by Gasteiger charge is -1.99. The summed E-state index contributed by atoms with van der Waals surface area (Å²) in [4.78, 5) is 0. The van der Waals surface area contributed by atoms with E-state index in [1.165, 1.54) is 0 Å². The Hall–Kier alpha value is -1.29. The number of nitrogens with two attached hydrogens (primary N) is 1. The van der Waals surface area contributed by atoms with Crippen LogP contribution in [-0.4, -0.2) is 10.9 Å². The van der Waals surface area contributed by atoms with Crippen LogP contribution in [0.4, 0.5) is 5.82 Å². The smallest absolute Gasteiger partial charge is 0.141 e. The second kappa shape index (κ2) is 3.78. The van der Waals surface area contributed by atoms with Gasteiger partial charge in [0.1, 0.15) is 5.82 Å². The standard InChI is InChI=1S/C7H12N4/c1-2-5-9-11-6-3-4-7(11)10-8/h3-6,10H,2,8H2,1H3/b9-5-. The van der Waals surface area contributed by atoms with E-state index in [0.29, 0.717) is 0 Å². The highest BCUT2D eigenvalue weighted by Gasteiger charge is 1.92. The molecule has 1 aromatic heterocycles. The van der Waals surface area contributed by atoms with E-state index in [1.54, 1.807) is 4.68 Å². The summed E-state index contributed by atoms with van der Waals surface area (Å²) in [5.74, 6) is 6.01. The zero-order valence-corrected chi connectivity index (χ0v) is 6.49. The van der Waals surface area contributed by atoms with Gasteiger partial charge in [0.05, 0.1) is 0 Å². The van der Waals surface area contributed by atoms with Gasteiger partial charge in [0.15, 0.2) is 0 Å². The van der Waals surface area contributed by atoms with Gasteiger partial charge in [-0.15, -0.1) is 0 Å². The summed E-state index contributed by atoms with van der Waals surface area (Å²) in [5.41, 5.74) is 2.53. The van der Waals surface area contributed by atoms with Crippen LogP contribution in [0, 0.1) is 0 Å². The van der Waals surface area contributed by atoms with Gasteiger partial charge in [0, 0.05) is 12.4 Å². The molecule has 0 aliphatic carbocycles. The SMILES string of the molecule is CC/C=N\n1cccc1NN. The molecule has 11 heavy (non-hydrogen) atoms. The van der Waals surface area contributed by atoms with Crippen molar-refractivity contribution in [2.24, 2.45) is 10.9 Å². The fraction of sp³-hybridized carbons (Fsp3) is 0.286. The minimum absolute atomic E-state index is 0.787. The Morgan fingerprint density at radius 1 is 1.82 bits per heavy atom. The van der Waals surface area contributed by atoms with E-state index in [9.17, 15) is 0 Å². The summed E-state index contributed by atoms with van der Waals surface area (Å²) in [7, 11) is 0. The van der Waals surface area contributed by atoms with Crippen LogP contribution in [0.1, 0.15) is 13.3 Å². The number of hydrogen-bond donors (Lipinski definition) is 2. The van der Waals surface area contributed by atoms with Crippen molar-refractivity contribution in [2.75, 3.05) is 5.43 Å². The topological polar surface area (TPSA) is 55.3 Å². The van der Waals surface area contributed by atoms with Gasteiger partial charge < -0.3 is 5.43 Å². The zero-order valence-electron chi connectivity index (χ0n) is 6.49. The Labute approximate surface area is 65.7 Å². The lowest BCUT2D eigenvalue weighted by atomic mass is 10.6.